The van der Waals surface area contributed by atoms with Crippen LogP contribution in [-0.4, -0.2) is 15.7 Å². The van der Waals surface area contributed by atoms with Crippen LogP contribution in [0.5, 0.6) is 0 Å². The molecule has 0 aromatic carbocycles. The van der Waals surface area contributed by atoms with Crippen LogP contribution in [0.4, 0.5) is 0 Å². The van der Waals surface area contributed by atoms with E-state index in [4.69, 9.17) is 0 Å². The Balaban J connectivity index is 3.14. The first-order chi connectivity index (χ1) is 15.3. The van der Waals surface area contributed by atoms with E-state index in [-0.39, 0.29) is 0 Å². The van der Waals surface area contributed by atoms with Crippen molar-refractivity contribution in [2.24, 2.45) is 0 Å². The second kappa shape index (κ2) is 28.5. The van der Waals surface area contributed by atoms with Crippen molar-refractivity contribution in [2.75, 3.05) is 11.5 Å². The highest BCUT2D eigenvalue weighted by atomic mass is 33.1. The van der Waals surface area contributed by atoms with E-state index in [0.29, 0.717) is 0 Å². The van der Waals surface area contributed by atoms with Crippen molar-refractivity contribution < 1.29 is 4.21 Å². The molecule has 3 heteroatoms. The summed E-state index contributed by atoms with van der Waals surface area (Å²) in [5, 5.41) is 0. The van der Waals surface area contributed by atoms with Crippen molar-refractivity contribution in [2.45, 2.75) is 168 Å². The van der Waals surface area contributed by atoms with E-state index in [1.54, 1.807) is 10.8 Å². The molecular formula is C28H58OS2. The molecule has 0 spiro atoms. The molecule has 31 heavy (non-hydrogen) atoms. The number of hydrogen-bond acceptors (Lipinski definition) is 2. The van der Waals surface area contributed by atoms with Crippen LogP contribution in [-0.2, 0) is 9.83 Å². The van der Waals surface area contributed by atoms with Crippen LogP contribution >= 0.6 is 10.8 Å². The van der Waals surface area contributed by atoms with Crippen LogP contribution in [0.15, 0.2) is 0 Å². The molecule has 0 rings (SSSR count). The molecule has 0 fully saturated rings. The summed E-state index contributed by atoms with van der Waals surface area (Å²) in [5.74, 6) is 2.02. The third-order valence-electron chi connectivity index (χ3n) is 6.38. The Morgan fingerprint density at radius 1 is 0.419 bits per heavy atom. The lowest BCUT2D eigenvalue weighted by atomic mass is 10.1. The summed E-state index contributed by atoms with van der Waals surface area (Å²) in [7, 11) is 1.08. The summed E-state index contributed by atoms with van der Waals surface area (Å²) >= 11 is 0. The molecule has 1 atom stereocenters. The summed E-state index contributed by atoms with van der Waals surface area (Å²) in [6, 6.07) is 0. The molecule has 0 radical (unpaired) electrons. The zero-order valence-electron chi connectivity index (χ0n) is 21.6. The third kappa shape index (κ3) is 28.5. The SMILES string of the molecule is CCCCCCCCCCCCCCSS(=O)CCCCCCCCCCCCCC. The minimum absolute atomic E-state index is 0.633. The largest absolute Gasteiger partial charge is 0.248 e. The summed E-state index contributed by atoms with van der Waals surface area (Å²) < 4.78 is 12.1. The van der Waals surface area contributed by atoms with Gasteiger partial charge in [0, 0.05) is 11.5 Å². The van der Waals surface area contributed by atoms with Gasteiger partial charge in [-0.3, -0.25) is 0 Å². The van der Waals surface area contributed by atoms with Gasteiger partial charge in [0.05, 0.1) is 9.83 Å². The fourth-order valence-corrected chi connectivity index (χ4v) is 6.90. The van der Waals surface area contributed by atoms with Crippen LogP contribution in [0, 0.1) is 0 Å². The molecule has 0 amide bonds. The fourth-order valence-electron chi connectivity index (χ4n) is 4.21. The number of rotatable bonds is 27. The quantitative estimate of drug-likeness (QED) is 0.0869. The fraction of sp³-hybridized carbons (Fsp3) is 1.00. The van der Waals surface area contributed by atoms with Crippen molar-refractivity contribution in [3.63, 3.8) is 0 Å². The Morgan fingerprint density at radius 2 is 0.710 bits per heavy atom. The standard InChI is InChI=1S/C28H58OS2/c1-3-5-7-9-11-13-15-17-19-21-23-25-27-30-31(29)28-26-24-22-20-18-16-14-12-10-8-6-4-2/h3-28H2,1-2H3. The van der Waals surface area contributed by atoms with E-state index in [1.165, 1.54) is 148 Å². The molecule has 1 unspecified atom stereocenters. The van der Waals surface area contributed by atoms with Crippen molar-refractivity contribution in [1.29, 1.82) is 0 Å². The molecule has 1 nitrogen and oxygen atoms in total. The second-order valence-corrected chi connectivity index (χ2v) is 13.1. The zero-order chi connectivity index (χ0) is 22.7. The van der Waals surface area contributed by atoms with Crippen molar-refractivity contribution in [3.05, 3.63) is 0 Å². The predicted molar refractivity (Wildman–Crippen MR) is 148 cm³/mol. The third-order valence-corrected chi connectivity index (χ3v) is 9.51. The highest BCUT2D eigenvalue weighted by Crippen LogP contribution is 2.17. The minimum Gasteiger partial charge on any atom is -0.248 e. The van der Waals surface area contributed by atoms with E-state index in [1.807, 2.05) is 0 Å². The van der Waals surface area contributed by atoms with Gasteiger partial charge < -0.3 is 0 Å². The van der Waals surface area contributed by atoms with Gasteiger partial charge in [-0.15, -0.1) is 0 Å². The van der Waals surface area contributed by atoms with Crippen LogP contribution in [0.2, 0.25) is 0 Å². The van der Waals surface area contributed by atoms with E-state index in [2.05, 4.69) is 13.8 Å². The monoisotopic (exact) mass is 474 g/mol. The maximum atomic E-state index is 12.1. The lowest BCUT2D eigenvalue weighted by Crippen LogP contribution is -1.94. The molecule has 0 bridgehead atoms. The summed E-state index contributed by atoms with van der Waals surface area (Å²) in [6.07, 6.45) is 33.3. The Kier molecular flexibility index (Phi) is 29.0. The highest BCUT2D eigenvalue weighted by Gasteiger charge is 2.01. The normalized spacial score (nSPS) is 12.5. The topological polar surface area (TPSA) is 17.1 Å². The maximum Gasteiger partial charge on any atom is 0.0803 e. The summed E-state index contributed by atoms with van der Waals surface area (Å²) in [4.78, 5) is 0. The molecular weight excluding hydrogens is 416 g/mol. The lowest BCUT2D eigenvalue weighted by molar-refractivity contribution is 0.548. The summed E-state index contributed by atoms with van der Waals surface area (Å²) in [5.41, 5.74) is 0. The van der Waals surface area contributed by atoms with Gasteiger partial charge in [0.1, 0.15) is 0 Å². The molecule has 0 aliphatic carbocycles. The molecule has 0 aromatic rings. The number of unbranched alkanes of at least 4 members (excludes halogenated alkanes) is 22. The van der Waals surface area contributed by atoms with E-state index >= 15 is 0 Å². The maximum absolute atomic E-state index is 12.1. The van der Waals surface area contributed by atoms with E-state index in [9.17, 15) is 4.21 Å². The molecule has 0 aromatic heterocycles. The molecule has 0 aliphatic heterocycles. The van der Waals surface area contributed by atoms with Gasteiger partial charge >= 0.3 is 0 Å². The Morgan fingerprint density at radius 3 is 1.06 bits per heavy atom. The Hall–Kier alpha value is 0.500. The van der Waals surface area contributed by atoms with Crippen molar-refractivity contribution >= 4 is 20.6 Å². The first-order valence-electron chi connectivity index (χ1n) is 14.3. The Labute approximate surface area is 203 Å². The van der Waals surface area contributed by atoms with Gasteiger partial charge in [-0.1, -0.05) is 166 Å². The zero-order valence-corrected chi connectivity index (χ0v) is 23.2. The van der Waals surface area contributed by atoms with Crippen molar-refractivity contribution in [1.82, 2.24) is 0 Å². The van der Waals surface area contributed by atoms with Gasteiger partial charge in [0.15, 0.2) is 0 Å². The Bertz CT molecular complexity index is 346. The van der Waals surface area contributed by atoms with Crippen LogP contribution in [0.25, 0.3) is 0 Å². The predicted octanol–water partition coefficient (Wildman–Crippen LogP) is 10.8. The minimum atomic E-state index is -0.633. The highest BCUT2D eigenvalue weighted by molar-refractivity contribution is 8.69. The first kappa shape index (κ1) is 31.5. The molecule has 0 N–H and O–H groups in total. The molecule has 0 heterocycles. The van der Waals surface area contributed by atoms with Crippen LogP contribution in [0.3, 0.4) is 0 Å². The summed E-state index contributed by atoms with van der Waals surface area (Å²) in [6.45, 7) is 4.57. The van der Waals surface area contributed by atoms with Gasteiger partial charge in [0.25, 0.3) is 0 Å². The van der Waals surface area contributed by atoms with Crippen LogP contribution < -0.4 is 0 Å². The van der Waals surface area contributed by atoms with E-state index in [0.717, 1.165) is 17.9 Å². The molecule has 0 aliphatic rings. The molecule has 0 saturated heterocycles. The average molecular weight is 475 g/mol. The average Bonchev–Trinajstić information content (AvgIpc) is 2.77. The van der Waals surface area contributed by atoms with Gasteiger partial charge in [-0.25, -0.2) is 4.21 Å². The van der Waals surface area contributed by atoms with Crippen LogP contribution in [0.1, 0.15) is 168 Å². The lowest BCUT2D eigenvalue weighted by Gasteiger charge is -2.04. The van der Waals surface area contributed by atoms with Gasteiger partial charge in [-0.2, -0.15) is 0 Å². The van der Waals surface area contributed by atoms with Crippen molar-refractivity contribution in [3.8, 4) is 0 Å². The van der Waals surface area contributed by atoms with Gasteiger partial charge in [0.2, 0.25) is 0 Å². The number of hydrogen-bond donors (Lipinski definition) is 0. The second-order valence-electron chi connectivity index (χ2n) is 9.61. The van der Waals surface area contributed by atoms with Gasteiger partial charge in [-0.05, 0) is 12.8 Å². The molecule has 188 valence electrons. The first-order valence-corrected chi connectivity index (χ1v) is 17.1. The van der Waals surface area contributed by atoms with E-state index < -0.39 is 9.83 Å². The smallest absolute Gasteiger partial charge is 0.0803 e. The molecule has 0 saturated carbocycles.